The van der Waals surface area contributed by atoms with Gasteiger partial charge in [0.25, 0.3) is 0 Å². The molecule has 0 rings (SSSR count). The first-order chi connectivity index (χ1) is 8.58. The van der Waals surface area contributed by atoms with Crippen molar-refractivity contribution in [3.8, 4) is 0 Å². The maximum absolute atomic E-state index is 11.3. The average molecular weight is 274 g/mol. The Hall–Kier alpha value is -1.60. The van der Waals surface area contributed by atoms with Crippen LogP contribution in [0.1, 0.15) is 13.3 Å². The molecule has 0 aliphatic heterocycles. The summed E-state index contributed by atoms with van der Waals surface area (Å²) in [6, 6.07) is 0. The maximum atomic E-state index is 11.3. The molecule has 7 heteroatoms. The molecule has 7 nitrogen and oxygen atoms in total. The zero-order valence-electron chi connectivity index (χ0n) is 12.0. The molecular weight excluding hydrogens is 252 g/mol. The van der Waals surface area contributed by atoms with Crippen LogP contribution < -0.4 is 0 Å². The summed E-state index contributed by atoms with van der Waals surface area (Å²) in [5, 5.41) is 19.5. The van der Waals surface area contributed by atoms with E-state index in [2.05, 4.69) is 0 Å². The number of nitrogens with zero attached hydrogens (tertiary/aromatic N) is 2. The van der Waals surface area contributed by atoms with Crippen LogP contribution in [-0.4, -0.2) is 72.1 Å². The molecule has 0 aromatic carbocycles. The van der Waals surface area contributed by atoms with E-state index in [4.69, 9.17) is 4.74 Å². The second-order valence-electron chi connectivity index (χ2n) is 4.64. The van der Waals surface area contributed by atoms with Crippen LogP contribution in [0.5, 0.6) is 0 Å². The summed E-state index contributed by atoms with van der Waals surface area (Å²) < 4.78 is 4.84. The Morgan fingerprint density at radius 3 is 2.16 bits per heavy atom. The highest BCUT2D eigenvalue weighted by Gasteiger charge is 2.33. The lowest BCUT2D eigenvalue weighted by molar-refractivity contribution is -0.217. The molecule has 0 aliphatic carbocycles. The summed E-state index contributed by atoms with van der Waals surface area (Å²) in [5.41, 5.74) is 0. The highest BCUT2D eigenvalue weighted by atomic mass is 16.6. The summed E-state index contributed by atoms with van der Waals surface area (Å²) >= 11 is 0. The Kier molecular flexibility index (Phi) is 6.51. The molecule has 2 amide bonds. The third-order valence-electron chi connectivity index (χ3n) is 2.41. The predicted molar refractivity (Wildman–Crippen MR) is 69.2 cm³/mol. The van der Waals surface area contributed by atoms with E-state index in [9.17, 15) is 19.8 Å². The SMILES string of the molecule is CC(OC(=O)N(C)C)C(O)(O)C/C=C/C(=O)N(C)C. The summed E-state index contributed by atoms with van der Waals surface area (Å²) in [6.07, 6.45) is 0.521. The third-order valence-corrected chi connectivity index (χ3v) is 2.41. The van der Waals surface area contributed by atoms with E-state index in [1.165, 1.54) is 43.0 Å². The molecule has 1 atom stereocenters. The van der Waals surface area contributed by atoms with Gasteiger partial charge in [0.1, 0.15) is 0 Å². The standard InChI is InChI=1S/C12H22N2O5/c1-9(19-11(16)14(4)5)12(17,18)8-6-7-10(15)13(2)3/h6-7,9,17-18H,8H2,1-5H3/b7-6+. The largest absolute Gasteiger partial charge is 0.441 e. The van der Waals surface area contributed by atoms with Gasteiger partial charge in [-0.25, -0.2) is 4.79 Å². The van der Waals surface area contributed by atoms with Crippen molar-refractivity contribution >= 4 is 12.0 Å². The fraction of sp³-hybridized carbons (Fsp3) is 0.667. The second kappa shape index (κ2) is 7.10. The number of likely N-dealkylation sites (N-methyl/N-ethyl adjacent to an activating group) is 1. The van der Waals surface area contributed by atoms with Gasteiger partial charge in [-0.1, -0.05) is 6.08 Å². The van der Waals surface area contributed by atoms with Gasteiger partial charge in [0.05, 0.1) is 0 Å². The molecule has 0 aromatic heterocycles. The minimum absolute atomic E-state index is 0.228. The molecule has 2 N–H and O–H groups in total. The van der Waals surface area contributed by atoms with Crippen LogP contribution in [0.15, 0.2) is 12.2 Å². The second-order valence-corrected chi connectivity index (χ2v) is 4.64. The highest BCUT2D eigenvalue weighted by molar-refractivity contribution is 5.87. The zero-order valence-corrected chi connectivity index (χ0v) is 12.0. The van der Waals surface area contributed by atoms with Crippen molar-refractivity contribution in [3.05, 3.63) is 12.2 Å². The van der Waals surface area contributed by atoms with E-state index in [0.717, 1.165) is 0 Å². The smallest absolute Gasteiger partial charge is 0.409 e. The monoisotopic (exact) mass is 274 g/mol. The van der Waals surface area contributed by atoms with Crippen LogP contribution in [0.4, 0.5) is 4.79 Å². The van der Waals surface area contributed by atoms with Crippen LogP contribution in [0, 0.1) is 0 Å². The van der Waals surface area contributed by atoms with Crippen molar-refractivity contribution in [2.24, 2.45) is 0 Å². The molecule has 0 saturated carbocycles. The van der Waals surface area contributed by atoms with Gasteiger partial charge in [0.2, 0.25) is 11.7 Å². The Balaban J connectivity index is 4.45. The zero-order chi connectivity index (χ0) is 15.2. The fourth-order valence-electron chi connectivity index (χ4n) is 0.999. The lowest BCUT2D eigenvalue weighted by Gasteiger charge is -2.28. The number of carbonyl (C=O) groups excluding carboxylic acids is 2. The van der Waals surface area contributed by atoms with Crippen LogP contribution >= 0.6 is 0 Å². The van der Waals surface area contributed by atoms with E-state index < -0.39 is 18.0 Å². The summed E-state index contributed by atoms with van der Waals surface area (Å²) in [7, 11) is 6.14. The van der Waals surface area contributed by atoms with E-state index in [1.807, 2.05) is 0 Å². The molecule has 110 valence electrons. The molecule has 1 unspecified atom stereocenters. The number of rotatable bonds is 5. The van der Waals surface area contributed by atoms with Crippen molar-refractivity contribution in [1.29, 1.82) is 0 Å². The van der Waals surface area contributed by atoms with E-state index in [1.54, 1.807) is 14.1 Å². The Morgan fingerprint density at radius 2 is 1.74 bits per heavy atom. The molecule has 0 aromatic rings. The molecule has 0 spiro atoms. The van der Waals surface area contributed by atoms with E-state index in [-0.39, 0.29) is 12.3 Å². The number of carbonyl (C=O) groups is 2. The third kappa shape index (κ3) is 6.21. The van der Waals surface area contributed by atoms with Gasteiger partial charge >= 0.3 is 6.09 Å². The van der Waals surface area contributed by atoms with Crippen molar-refractivity contribution in [3.63, 3.8) is 0 Å². The van der Waals surface area contributed by atoms with Crippen molar-refractivity contribution in [1.82, 2.24) is 9.80 Å². The van der Waals surface area contributed by atoms with Crippen LogP contribution in [0.2, 0.25) is 0 Å². The van der Waals surface area contributed by atoms with E-state index >= 15 is 0 Å². The Bertz CT molecular complexity index is 350. The van der Waals surface area contributed by atoms with Gasteiger partial charge in [-0.3, -0.25) is 4.79 Å². The van der Waals surface area contributed by atoms with Gasteiger partial charge in [0.15, 0.2) is 6.10 Å². The topological polar surface area (TPSA) is 90.3 Å². The molecule has 0 radical (unpaired) electrons. The van der Waals surface area contributed by atoms with E-state index in [0.29, 0.717) is 0 Å². The minimum Gasteiger partial charge on any atom is -0.441 e. The number of aliphatic hydroxyl groups is 2. The maximum Gasteiger partial charge on any atom is 0.409 e. The Morgan fingerprint density at radius 1 is 1.21 bits per heavy atom. The molecule has 19 heavy (non-hydrogen) atoms. The molecule has 0 fully saturated rings. The van der Waals surface area contributed by atoms with Crippen molar-refractivity contribution in [2.45, 2.75) is 25.2 Å². The minimum atomic E-state index is -2.23. The number of ether oxygens (including phenoxy) is 1. The quantitative estimate of drug-likeness (QED) is 0.535. The van der Waals surface area contributed by atoms with Crippen LogP contribution in [-0.2, 0) is 9.53 Å². The normalized spacial score (nSPS) is 13.2. The lowest BCUT2D eigenvalue weighted by Crippen LogP contribution is -2.44. The number of hydrogen-bond donors (Lipinski definition) is 2. The highest BCUT2D eigenvalue weighted by Crippen LogP contribution is 2.16. The van der Waals surface area contributed by atoms with Crippen LogP contribution in [0.3, 0.4) is 0 Å². The van der Waals surface area contributed by atoms with Gasteiger partial charge in [-0.2, -0.15) is 0 Å². The number of hydrogen-bond acceptors (Lipinski definition) is 5. The van der Waals surface area contributed by atoms with Crippen LogP contribution in [0.25, 0.3) is 0 Å². The molecule has 0 saturated heterocycles. The first kappa shape index (κ1) is 17.4. The first-order valence-corrected chi connectivity index (χ1v) is 5.78. The van der Waals surface area contributed by atoms with Crippen molar-refractivity contribution in [2.75, 3.05) is 28.2 Å². The summed E-state index contributed by atoms with van der Waals surface area (Å²) in [5.74, 6) is -2.50. The average Bonchev–Trinajstić information content (AvgIpc) is 2.27. The Labute approximate surface area is 113 Å². The van der Waals surface area contributed by atoms with Gasteiger partial charge in [-0.15, -0.1) is 0 Å². The predicted octanol–water partition coefficient (Wildman–Crippen LogP) is -0.211. The van der Waals surface area contributed by atoms with Gasteiger partial charge in [-0.05, 0) is 13.0 Å². The van der Waals surface area contributed by atoms with Gasteiger partial charge in [0, 0.05) is 34.6 Å². The van der Waals surface area contributed by atoms with Gasteiger partial charge < -0.3 is 24.7 Å². The fourth-order valence-corrected chi connectivity index (χ4v) is 0.999. The lowest BCUT2D eigenvalue weighted by atomic mass is 10.1. The first-order valence-electron chi connectivity index (χ1n) is 5.78. The molecule has 0 heterocycles. The number of amides is 2. The summed E-state index contributed by atoms with van der Waals surface area (Å²) in [6.45, 7) is 1.36. The molecule has 0 aliphatic rings. The van der Waals surface area contributed by atoms with Crippen molar-refractivity contribution < 1.29 is 24.5 Å². The summed E-state index contributed by atoms with van der Waals surface area (Å²) in [4.78, 5) is 25.1. The molecular formula is C12H22N2O5. The molecule has 0 bridgehead atoms.